The Kier molecular flexibility index (Phi) is 2.69. The molecule has 1 aromatic heterocycles. The molecule has 0 radical (unpaired) electrons. The zero-order valence-corrected chi connectivity index (χ0v) is 13.4. The van der Waals surface area contributed by atoms with Crippen LogP contribution in [0.5, 0.6) is 0 Å². The standard InChI is InChI=1S/C17H24NSi/c1-13-9-7-8-10-15(13)16-11-17(19(4,5)6)14(2)12-18(16)3/h7-12H,1-6H3/q+1/i2D3. The SMILES string of the molecule is [2H]C([2H])([2H])c1c[n+](C)c(-c2ccccc2C)cc1[Si](C)(C)C. The fourth-order valence-corrected chi connectivity index (χ4v) is 3.84. The molecule has 0 bridgehead atoms. The summed E-state index contributed by atoms with van der Waals surface area (Å²) in [4.78, 5) is 0. The molecule has 2 aromatic rings. The molecule has 1 nitrogen and oxygen atoms in total. The van der Waals surface area contributed by atoms with Gasteiger partial charge >= 0.3 is 0 Å². The normalized spacial score (nSPS) is 14.7. The summed E-state index contributed by atoms with van der Waals surface area (Å²) in [6, 6.07) is 10.3. The van der Waals surface area contributed by atoms with Crippen molar-refractivity contribution in [1.29, 1.82) is 0 Å². The predicted molar refractivity (Wildman–Crippen MR) is 85.5 cm³/mol. The minimum atomic E-state index is -2.07. The Labute approximate surface area is 122 Å². The smallest absolute Gasteiger partial charge is 0.201 e. The lowest BCUT2D eigenvalue weighted by Gasteiger charge is -2.19. The zero-order valence-electron chi connectivity index (χ0n) is 15.4. The fraction of sp³-hybridized carbons (Fsp3) is 0.353. The van der Waals surface area contributed by atoms with Crippen LogP contribution in [0.4, 0.5) is 0 Å². The van der Waals surface area contributed by atoms with Gasteiger partial charge in [0.15, 0.2) is 6.20 Å². The molecule has 0 unspecified atom stereocenters. The van der Waals surface area contributed by atoms with Crippen LogP contribution in [0.2, 0.25) is 19.6 Å². The van der Waals surface area contributed by atoms with Crippen LogP contribution in [0.25, 0.3) is 11.3 Å². The molecule has 2 heteroatoms. The van der Waals surface area contributed by atoms with Gasteiger partial charge in [0.05, 0.1) is 8.07 Å². The molecular weight excluding hydrogens is 246 g/mol. The third kappa shape index (κ3) is 2.79. The maximum Gasteiger partial charge on any atom is 0.212 e. The molecule has 0 aliphatic heterocycles. The van der Waals surface area contributed by atoms with Crippen molar-refractivity contribution < 1.29 is 8.68 Å². The van der Waals surface area contributed by atoms with E-state index < -0.39 is 14.9 Å². The van der Waals surface area contributed by atoms with Crippen molar-refractivity contribution >= 4 is 13.3 Å². The van der Waals surface area contributed by atoms with Crippen molar-refractivity contribution in [3.8, 4) is 11.3 Å². The summed E-state index contributed by atoms with van der Waals surface area (Å²) >= 11 is 0. The zero-order chi connectivity index (χ0) is 16.7. The maximum atomic E-state index is 7.85. The Hall–Kier alpha value is -1.41. The van der Waals surface area contributed by atoms with E-state index in [-0.39, 0.29) is 0 Å². The van der Waals surface area contributed by atoms with E-state index in [0.29, 0.717) is 5.56 Å². The fourth-order valence-electron chi connectivity index (χ4n) is 2.40. The van der Waals surface area contributed by atoms with Gasteiger partial charge in [-0.05, 0) is 30.6 Å². The lowest BCUT2D eigenvalue weighted by atomic mass is 10.0. The first-order chi connectivity index (χ1) is 10.0. The third-order valence-electron chi connectivity index (χ3n) is 3.50. The minimum Gasteiger partial charge on any atom is -0.201 e. The molecule has 0 aliphatic carbocycles. The van der Waals surface area contributed by atoms with Crippen LogP contribution in [-0.4, -0.2) is 8.07 Å². The average molecular weight is 273 g/mol. The van der Waals surface area contributed by atoms with Gasteiger partial charge < -0.3 is 0 Å². The molecule has 0 spiro atoms. The second-order valence-corrected chi connectivity index (χ2v) is 11.2. The van der Waals surface area contributed by atoms with Gasteiger partial charge in [-0.25, -0.2) is 4.57 Å². The summed E-state index contributed by atoms with van der Waals surface area (Å²) in [5.74, 6) is 0. The lowest BCUT2D eigenvalue weighted by molar-refractivity contribution is -0.660. The second kappa shape index (κ2) is 4.93. The quantitative estimate of drug-likeness (QED) is 0.584. The van der Waals surface area contributed by atoms with E-state index in [0.717, 1.165) is 16.4 Å². The van der Waals surface area contributed by atoms with Crippen molar-refractivity contribution in [1.82, 2.24) is 0 Å². The molecule has 1 aromatic carbocycles. The molecule has 0 fully saturated rings. The van der Waals surface area contributed by atoms with E-state index in [1.54, 1.807) is 6.20 Å². The third-order valence-corrected chi connectivity index (χ3v) is 5.53. The van der Waals surface area contributed by atoms with Crippen LogP contribution in [0.1, 0.15) is 15.2 Å². The topological polar surface area (TPSA) is 3.88 Å². The Morgan fingerprint density at radius 3 is 2.37 bits per heavy atom. The summed E-state index contributed by atoms with van der Waals surface area (Å²) in [6.45, 7) is 6.59. The Balaban J connectivity index is 2.77. The summed E-state index contributed by atoms with van der Waals surface area (Å²) in [7, 11) is 0.156. The van der Waals surface area contributed by atoms with E-state index in [4.69, 9.17) is 4.11 Å². The summed E-state index contributed by atoms with van der Waals surface area (Å²) in [5.41, 5.74) is 3.91. The molecule has 1 heterocycles. The van der Waals surface area contributed by atoms with Gasteiger partial charge in [0.2, 0.25) is 5.69 Å². The van der Waals surface area contributed by atoms with Crippen LogP contribution in [0.15, 0.2) is 36.5 Å². The largest absolute Gasteiger partial charge is 0.212 e. The first kappa shape index (κ1) is 10.4. The molecule has 0 atom stereocenters. The van der Waals surface area contributed by atoms with Gasteiger partial charge in [-0.2, -0.15) is 0 Å². The summed E-state index contributed by atoms with van der Waals surface area (Å²) < 4.78 is 25.5. The Morgan fingerprint density at radius 1 is 1.11 bits per heavy atom. The number of aryl methyl sites for hydroxylation is 3. The van der Waals surface area contributed by atoms with Gasteiger partial charge in [0.1, 0.15) is 7.05 Å². The maximum absolute atomic E-state index is 7.85. The summed E-state index contributed by atoms with van der Waals surface area (Å²) in [5, 5.41) is 1.02. The molecule has 2 rings (SSSR count). The van der Waals surface area contributed by atoms with Crippen LogP contribution in [0.3, 0.4) is 0 Å². The molecule has 0 saturated heterocycles. The van der Waals surface area contributed by atoms with Gasteiger partial charge in [-0.1, -0.05) is 37.8 Å². The van der Waals surface area contributed by atoms with Gasteiger partial charge in [0, 0.05) is 21.3 Å². The number of hydrogen-bond acceptors (Lipinski definition) is 0. The van der Waals surface area contributed by atoms with Crippen molar-refractivity contribution in [2.45, 2.75) is 33.4 Å². The van der Waals surface area contributed by atoms with Gasteiger partial charge in [-0.3, -0.25) is 0 Å². The van der Waals surface area contributed by atoms with E-state index >= 15 is 0 Å². The van der Waals surface area contributed by atoms with Crippen LogP contribution < -0.4 is 9.75 Å². The first-order valence-electron chi connectivity index (χ1n) is 8.12. The van der Waals surface area contributed by atoms with Gasteiger partial charge in [0.25, 0.3) is 0 Å². The average Bonchev–Trinajstić information content (AvgIpc) is 2.37. The van der Waals surface area contributed by atoms with Crippen LogP contribution >= 0.6 is 0 Å². The van der Waals surface area contributed by atoms with Crippen molar-refractivity contribution in [2.75, 3.05) is 0 Å². The first-order valence-corrected chi connectivity index (χ1v) is 10.1. The number of benzene rings is 1. The van der Waals surface area contributed by atoms with E-state index in [1.807, 2.05) is 23.7 Å². The minimum absolute atomic E-state index is 0.492. The number of nitrogens with zero attached hydrogens (tertiary/aromatic N) is 1. The van der Waals surface area contributed by atoms with Crippen LogP contribution in [-0.2, 0) is 7.05 Å². The number of hydrogen-bond donors (Lipinski definition) is 0. The van der Waals surface area contributed by atoms with Gasteiger partial charge in [-0.15, -0.1) is 0 Å². The molecule has 0 aliphatic rings. The van der Waals surface area contributed by atoms with Crippen LogP contribution in [0, 0.1) is 13.8 Å². The highest BCUT2D eigenvalue weighted by molar-refractivity contribution is 6.89. The molecule has 0 saturated carbocycles. The summed E-state index contributed by atoms with van der Waals surface area (Å²) in [6.07, 6.45) is 1.79. The van der Waals surface area contributed by atoms with Crippen molar-refractivity contribution in [3.05, 3.63) is 47.7 Å². The van der Waals surface area contributed by atoms with E-state index in [1.165, 1.54) is 5.56 Å². The highest BCUT2D eigenvalue weighted by Gasteiger charge is 2.24. The molecular formula is C17H24NSi+. The Bertz CT molecular complexity index is 700. The van der Waals surface area contributed by atoms with E-state index in [9.17, 15) is 0 Å². The van der Waals surface area contributed by atoms with Crippen molar-refractivity contribution in [2.24, 2.45) is 7.05 Å². The lowest BCUT2D eigenvalue weighted by Crippen LogP contribution is -2.44. The molecule has 100 valence electrons. The molecule has 19 heavy (non-hydrogen) atoms. The van der Waals surface area contributed by atoms with Crippen molar-refractivity contribution in [3.63, 3.8) is 0 Å². The highest BCUT2D eigenvalue weighted by atomic mass is 28.3. The predicted octanol–water partition coefficient (Wildman–Crippen LogP) is 3.34. The number of aromatic nitrogens is 1. The monoisotopic (exact) mass is 273 g/mol. The Morgan fingerprint density at radius 2 is 1.79 bits per heavy atom. The van der Waals surface area contributed by atoms with E-state index in [2.05, 4.69) is 44.8 Å². The molecule has 0 amide bonds. The highest BCUT2D eigenvalue weighted by Crippen LogP contribution is 2.20. The molecule has 0 N–H and O–H groups in total. The second-order valence-electron chi connectivity index (χ2n) is 6.16. The number of rotatable bonds is 2. The number of pyridine rings is 1.